The third-order valence-electron chi connectivity index (χ3n) is 13.9. The molecule has 0 aromatic heterocycles. The second kappa shape index (κ2) is 29.4. The van der Waals surface area contributed by atoms with Crippen LogP contribution in [0.3, 0.4) is 0 Å². The second-order valence-corrected chi connectivity index (χ2v) is 20.1. The topological polar surface area (TPSA) is 177 Å². The molecule has 0 saturated carbocycles. The average Bonchev–Trinajstić information content (AvgIpc) is 3.57. The Morgan fingerprint density at radius 3 is 0.619 bits per heavy atom. The van der Waals surface area contributed by atoms with E-state index in [1.165, 1.54) is 48.5 Å². The Labute approximate surface area is 484 Å². The highest BCUT2D eigenvalue weighted by Gasteiger charge is 2.20. The number of carbonyl (C=O) groups is 4. The number of rotatable bonds is 16. The quantitative estimate of drug-likeness (QED) is 0.0441. The number of hydrogen-bond donors (Lipinski definition) is 8. The smallest absolute Gasteiger partial charge is 0.308 e. The highest BCUT2D eigenvalue weighted by molar-refractivity contribution is 6.02. The molecular formula is C64H64F4N12O4. The lowest BCUT2D eigenvalue weighted by Gasteiger charge is -2.34. The van der Waals surface area contributed by atoms with E-state index in [1.54, 1.807) is 48.5 Å². The summed E-state index contributed by atoms with van der Waals surface area (Å²) in [6.07, 6.45) is 0. The fraction of sp³-hybridized carbons (Fsp3) is 0.188. The van der Waals surface area contributed by atoms with Crippen molar-refractivity contribution >= 4 is 69.6 Å². The fourth-order valence-electron chi connectivity index (χ4n) is 9.41. The Morgan fingerprint density at radius 1 is 0.262 bits per heavy atom. The van der Waals surface area contributed by atoms with Crippen LogP contribution in [-0.4, -0.2) is 96.1 Å². The first-order valence-corrected chi connectivity index (χ1v) is 27.4. The van der Waals surface area contributed by atoms with Gasteiger partial charge in [-0.2, -0.15) is 0 Å². The van der Waals surface area contributed by atoms with Crippen LogP contribution in [0, 0.1) is 23.3 Å². The summed E-state index contributed by atoms with van der Waals surface area (Å²) in [6.45, 7) is 7.84. The van der Waals surface area contributed by atoms with Gasteiger partial charge in [-0.05, 0) is 119 Å². The van der Waals surface area contributed by atoms with Crippen LogP contribution in [0.2, 0.25) is 0 Å². The molecule has 0 bridgehead atoms. The SMILES string of the molecule is O=C(Nc1ccc(CN2CCN(Cc3ccc(NC(=O)Nc4ccccc4F)cc3)CCN(Cc3ccc(NC(=O)Nc4ccccc4F)cc3)CCN(Cc3ccc(NC(=O)Nc4ccccc4F)cc3)CC2)cc1)Nc1ccccc1F. The molecule has 0 radical (unpaired) electrons. The van der Waals surface area contributed by atoms with E-state index < -0.39 is 47.4 Å². The minimum Gasteiger partial charge on any atom is -0.308 e. The van der Waals surface area contributed by atoms with E-state index in [0.29, 0.717) is 101 Å². The van der Waals surface area contributed by atoms with Gasteiger partial charge < -0.3 is 42.5 Å². The summed E-state index contributed by atoms with van der Waals surface area (Å²) in [5.74, 6) is -2.17. The van der Waals surface area contributed by atoms with Gasteiger partial charge in [0.1, 0.15) is 23.3 Å². The Morgan fingerprint density at radius 2 is 0.440 bits per heavy atom. The van der Waals surface area contributed by atoms with Gasteiger partial charge in [0.25, 0.3) is 0 Å². The van der Waals surface area contributed by atoms with E-state index in [0.717, 1.165) is 22.3 Å². The van der Waals surface area contributed by atoms with Crippen LogP contribution in [0.1, 0.15) is 22.3 Å². The van der Waals surface area contributed by atoms with Crippen LogP contribution in [0.25, 0.3) is 0 Å². The maximum Gasteiger partial charge on any atom is 0.323 e. The van der Waals surface area contributed by atoms with Gasteiger partial charge in [0, 0.05) is 101 Å². The van der Waals surface area contributed by atoms with Crippen LogP contribution < -0.4 is 42.5 Å². The van der Waals surface area contributed by atoms with Gasteiger partial charge in [0.2, 0.25) is 0 Å². The number of para-hydroxylation sites is 4. The Kier molecular flexibility index (Phi) is 20.7. The second-order valence-electron chi connectivity index (χ2n) is 20.1. The van der Waals surface area contributed by atoms with Gasteiger partial charge in [-0.1, -0.05) is 97.1 Å². The molecular weight excluding hydrogens is 1080 g/mol. The predicted molar refractivity (Wildman–Crippen MR) is 323 cm³/mol. The van der Waals surface area contributed by atoms with Gasteiger partial charge in [0.15, 0.2) is 0 Å². The normalized spacial score (nSPS) is 13.8. The Bertz CT molecular complexity index is 3010. The van der Waals surface area contributed by atoms with Gasteiger partial charge in [-0.25, -0.2) is 36.7 Å². The zero-order chi connectivity index (χ0) is 58.6. The van der Waals surface area contributed by atoms with Crippen LogP contribution in [-0.2, 0) is 26.2 Å². The number of nitrogens with one attached hydrogen (secondary N) is 8. The monoisotopic (exact) mass is 1140 g/mol. The van der Waals surface area contributed by atoms with Gasteiger partial charge in [-0.3, -0.25) is 19.6 Å². The fourth-order valence-corrected chi connectivity index (χ4v) is 9.41. The van der Waals surface area contributed by atoms with Crippen LogP contribution in [0.5, 0.6) is 0 Å². The maximum atomic E-state index is 14.3. The first kappa shape index (κ1) is 59.0. The molecule has 432 valence electrons. The number of anilines is 8. The molecule has 9 rings (SSSR count). The summed E-state index contributed by atoms with van der Waals surface area (Å²) in [5, 5.41) is 21.4. The number of nitrogens with zero attached hydrogens (tertiary/aromatic N) is 4. The first-order chi connectivity index (χ1) is 40.8. The van der Waals surface area contributed by atoms with Crippen molar-refractivity contribution in [2.24, 2.45) is 0 Å². The summed E-state index contributed by atoms with van der Waals surface area (Å²) >= 11 is 0. The molecule has 0 atom stereocenters. The number of hydrogen-bond acceptors (Lipinski definition) is 8. The van der Waals surface area contributed by atoms with Gasteiger partial charge in [-0.15, -0.1) is 0 Å². The molecule has 0 unspecified atom stereocenters. The highest BCUT2D eigenvalue weighted by atomic mass is 19.1. The predicted octanol–water partition coefficient (Wildman–Crippen LogP) is 13.1. The Balaban J connectivity index is 0.918. The molecule has 8 amide bonds. The molecule has 1 aliphatic rings. The number of halogens is 4. The summed E-state index contributed by atoms with van der Waals surface area (Å²) in [6, 6.07) is 51.8. The molecule has 16 nitrogen and oxygen atoms in total. The summed E-state index contributed by atoms with van der Waals surface area (Å²) < 4.78 is 57.1. The zero-order valence-corrected chi connectivity index (χ0v) is 45.9. The van der Waals surface area contributed by atoms with E-state index >= 15 is 0 Å². The maximum absolute atomic E-state index is 14.3. The highest BCUT2D eigenvalue weighted by Crippen LogP contribution is 2.22. The van der Waals surface area contributed by atoms with Crippen LogP contribution in [0.15, 0.2) is 194 Å². The van der Waals surface area contributed by atoms with Crippen LogP contribution in [0.4, 0.5) is 82.2 Å². The number of carbonyl (C=O) groups excluding carboxylic acids is 4. The van der Waals surface area contributed by atoms with Gasteiger partial charge in [0.05, 0.1) is 22.7 Å². The molecule has 1 aliphatic heterocycles. The number of benzene rings is 8. The molecule has 84 heavy (non-hydrogen) atoms. The van der Waals surface area contributed by atoms with E-state index in [4.69, 9.17) is 0 Å². The minimum absolute atomic E-state index is 0.0674. The summed E-state index contributed by atoms with van der Waals surface area (Å²) in [4.78, 5) is 60.9. The zero-order valence-electron chi connectivity index (χ0n) is 45.9. The van der Waals surface area contributed by atoms with Crippen molar-refractivity contribution in [2.45, 2.75) is 26.2 Å². The molecule has 0 aliphatic carbocycles. The average molecular weight is 1140 g/mol. The molecule has 20 heteroatoms. The molecule has 1 heterocycles. The molecule has 1 saturated heterocycles. The molecule has 8 N–H and O–H groups in total. The third kappa shape index (κ3) is 18.2. The van der Waals surface area contributed by atoms with Crippen molar-refractivity contribution < 1.29 is 36.7 Å². The third-order valence-corrected chi connectivity index (χ3v) is 13.9. The van der Waals surface area contributed by atoms with Crippen molar-refractivity contribution in [3.8, 4) is 0 Å². The van der Waals surface area contributed by atoms with Crippen molar-refractivity contribution in [2.75, 3.05) is 94.9 Å². The molecule has 8 aromatic rings. The van der Waals surface area contributed by atoms with Crippen molar-refractivity contribution in [1.82, 2.24) is 19.6 Å². The van der Waals surface area contributed by atoms with Crippen LogP contribution >= 0.6 is 0 Å². The van der Waals surface area contributed by atoms with E-state index in [-0.39, 0.29) is 22.7 Å². The molecule has 1 fully saturated rings. The summed E-state index contributed by atoms with van der Waals surface area (Å²) in [5.41, 5.74) is 6.50. The van der Waals surface area contributed by atoms with Crippen molar-refractivity contribution in [3.63, 3.8) is 0 Å². The largest absolute Gasteiger partial charge is 0.323 e. The van der Waals surface area contributed by atoms with Crippen molar-refractivity contribution in [3.05, 3.63) is 240 Å². The Hall–Kier alpha value is -9.60. The number of urea groups is 4. The van der Waals surface area contributed by atoms with Crippen molar-refractivity contribution in [1.29, 1.82) is 0 Å². The molecule has 0 spiro atoms. The van der Waals surface area contributed by atoms with E-state index in [9.17, 15) is 36.7 Å². The van der Waals surface area contributed by atoms with Gasteiger partial charge >= 0.3 is 24.1 Å². The lowest BCUT2D eigenvalue weighted by Crippen LogP contribution is -2.45. The van der Waals surface area contributed by atoms with E-state index in [1.807, 2.05) is 97.1 Å². The lowest BCUT2D eigenvalue weighted by atomic mass is 10.1. The molecule has 8 aromatic carbocycles. The lowest BCUT2D eigenvalue weighted by molar-refractivity contribution is 0.122. The van der Waals surface area contributed by atoms with E-state index in [2.05, 4.69) is 62.1 Å². The minimum atomic E-state index is -0.572. The number of amides is 8. The first-order valence-electron chi connectivity index (χ1n) is 27.4. The standard InChI is InChI=1S/C64H64F4N12O4/c65-53-9-1-5-13-57(53)73-61(81)69-49-25-17-45(18-26-49)41-77-33-35-78(42-46-19-27-50(28-20-46)70-62(82)74-58-14-6-2-10-54(58)66)37-39-80(44-48-23-31-52(32-24-48)72-64(84)76-60-16-8-4-12-56(60)68)40-38-79(36-34-77)43-47-21-29-51(30-22-47)71-63(83)75-59-15-7-3-11-55(59)67/h1-32H,33-44H2,(H2,69,73,81)(H2,70,74,82)(H2,71,75,83)(H2,72,76,84). The summed E-state index contributed by atoms with van der Waals surface area (Å²) in [7, 11) is 0.